The molecule has 5 heteroatoms. The summed E-state index contributed by atoms with van der Waals surface area (Å²) in [6.45, 7) is 0. The molecule has 7 rings (SSSR count). The van der Waals surface area contributed by atoms with E-state index < -0.39 is 0 Å². The van der Waals surface area contributed by atoms with Gasteiger partial charge in [0.05, 0.1) is 16.6 Å². The lowest BCUT2D eigenvalue weighted by atomic mass is 10.1. The van der Waals surface area contributed by atoms with Crippen molar-refractivity contribution in [1.82, 2.24) is 19.5 Å². The Morgan fingerprint density at radius 3 is 1.63 bits per heavy atom. The monoisotopic (exact) mass is 492 g/mol. The molecule has 5 aromatic carbocycles. The molecule has 0 amide bonds. The first kappa shape index (κ1) is 22.1. The molecule has 0 N–H and O–H groups in total. The van der Waals surface area contributed by atoms with Crippen LogP contribution in [0.4, 0.5) is 4.39 Å². The van der Waals surface area contributed by atoms with E-state index in [2.05, 4.69) is 16.7 Å². The number of nitrogens with zero attached hydrogens (tertiary/aromatic N) is 4. The summed E-state index contributed by atoms with van der Waals surface area (Å²) < 4.78 is 18.1. The van der Waals surface area contributed by atoms with E-state index in [-0.39, 0.29) is 5.82 Å². The average Bonchev–Trinajstić information content (AvgIpc) is 3.31. The number of halogens is 1. The van der Waals surface area contributed by atoms with Crippen LogP contribution in [0.15, 0.2) is 127 Å². The molecule has 7 aromatic rings. The molecule has 2 aromatic heterocycles. The maximum atomic E-state index is 16.0. The lowest BCUT2D eigenvalue weighted by Crippen LogP contribution is -2.01. The standard InChI is InChI=1S/C33H21FN4/c34-28-21-30-26(25-18-10-11-19-29(25)38(30)24-16-8-3-9-17-24)20-27(28)33-36-31(22-12-4-1-5-13-22)35-32(37-33)23-14-6-2-7-15-23/h1-21H. The Morgan fingerprint density at radius 1 is 0.474 bits per heavy atom. The van der Waals surface area contributed by atoms with Crippen molar-refractivity contribution in [3.8, 4) is 39.9 Å². The molecule has 180 valence electrons. The number of para-hydroxylation sites is 2. The first-order valence-corrected chi connectivity index (χ1v) is 12.4. The normalized spacial score (nSPS) is 11.3. The lowest BCUT2D eigenvalue weighted by molar-refractivity contribution is 0.631. The van der Waals surface area contributed by atoms with E-state index in [1.807, 2.05) is 109 Å². The van der Waals surface area contributed by atoms with Gasteiger partial charge in [-0.2, -0.15) is 0 Å². The lowest BCUT2D eigenvalue weighted by Gasteiger charge is -2.10. The number of hydrogen-bond donors (Lipinski definition) is 0. The van der Waals surface area contributed by atoms with Crippen molar-refractivity contribution in [3.63, 3.8) is 0 Å². The fraction of sp³-hybridized carbons (Fsp3) is 0. The Morgan fingerprint density at radius 2 is 1.00 bits per heavy atom. The molecule has 0 aliphatic carbocycles. The number of fused-ring (bicyclic) bond motifs is 3. The molecule has 0 aliphatic heterocycles. The number of rotatable bonds is 4. The fourth-order valence-electron chi connectivity index (χ4n) is 4.95. The molecule has 0 fully saturated rings. The Hall–Kier alpha value is -5.16. The highest BCUT2D eigenvalue weighted by molar-refractivity contribution is 6.10. The van der Waals surface area contributed by atoms with Crippen molar-refractivity contribution in [2.24, 2.45) is 0 Å². The van der Waals surface area contributed by atoms with Crippen molar-refractivity contribution in [3.05, 3.63) is 133 Å². The van der Waals surface area contributed by atoms with Gasteiger partial charge in [0.1, 0.15) is 5.82 Å². The molecule has 0 radical (unpaired) electrons. The first-order chi connectivity index (χ1) is 18.8. The number of aromatic nitrogens is 4. The largest absolute Gasteiger partial charge is 0.309 e. The average molecular weight is 493 g/mol. The van der Waals surface area contributed by atoms with Crippen molar-refractivity contribution in [1.29, 1.82) is 0 Å². The van der Waals surface area contributed by atoms with Crippen molar-refractivity contribution >= 4 is 21.8 Å². The highest BCUT2D eigenvalue weighted by Crippen LogP contribution is 2.36. The topological polar surface area (TPSA) is 43.6 Å². The molecule has 0 spiro atoms. The van der Waals surface area contributed by atoms with Crippen LogP contribution in [0, 0.1) is 5.82 Å². The van der Waals surface area contributed by atoms with E-state index >= 15 is 4.39 Å². The minimum atomic E-state index is -0.387. The Balaban J connectivity index is 1.50. The van der Waals surface area contributed by atoms with Crippen LogP contribution < -0.4 is 0 Å². The van der Waals surface area contributed by atoms with Gasteiger partial charge in [-0.1, -0.05) is 97.1 Å². The van der Waals surface area contributed by atoms with Crippen LogP contribution in [0.1, 0.15) is 0 Å². The highest BCUT2D eigenvalue weighted by Gasteiger charge is 2.19. The summed E-state index contributed by atoms with van der Waals surface area (Å²) in [4.78, 5) is 14.2. The first-order valence-electron chi connectivity index (χ1n) is 12.4. The molecule has 0 atom stereocenters. The van der Waals surface area contributed by atoms with Gasteiger partial charge < -0.3 is 4.57 Å². The molecule has 2 heterocycles. The maximum Gasteiger partial charge on any atom is 0.167 e. The molecule has 0 saturated carbocycles. The summed E-state index contributed by atoms with van der Waals surface area (Å²) in [7, 11) is 0. The summed E-state index contributed by atoms with van der Waals surface area (Å²) in [5.41, 5.74) is 4.80. The van der Waals surface area contributed by atoms with Crippen LogP contribution in [0.5, 0.6) is 0 Å². The van der Waals surface area contributed by atoms with Crippen LogP contribution in [0.25, 0.3) is 61.7 Å². The number of hydrogen-bond acceptors (Lipinski definition) is 3. The van der Waals surface area contributed by atoms with Crippen molar-refractivity contribution in [2.45, 2.75) is 0 Å². The minimum absolute atomic E-state index is 0.300. The molecule has 0 unspecified atom stereocenters. The van der Waals surface area contributed by atoms with Crippen molar-refractivity contribution < 1.29 is 4.39 Å². The van der Waals surface area contributed by atoms with E-state index in [4.69, 9.17) is 15.0 Å². The molecule has 0 aliphatic rings. The predicted octanol–water partition coefficient (Wildman–Crippen LogP) is 8.11. The van der Waals surface area contributed by atoms with Gasteiger partial charge in [0.25, 0.3) is 0 Å². The zero-order valence-corrected chi connectivity index (χ0v) is 20.3. The fourth-order valence-corrected chi connectivity index (χ4v) is 4.95. The molecule has 0 saturated heterocycles. The van der Waals surface area contributed by atoms with Gasteiger partial charge in [-0.3, -0.25) is 0 Å². The zero-order valence-electron chi connectivity index (χ0n) is 20.3. The van der Waals surface area contributed by atoms with Crippen molar-refractivity contribution in [2.75, 3.05) is 0 Å². The smallest absolute Gasteiger partial charge is 0.167 e. The van der Waals surface area contributed by atoms with Crippen LogP contribution in [-0.2, 0) is 0 Å². The van der Waals surface area contributed by atoms with E-state index in [0.717, 1.165) is 38.6 Å². The van der Waals surface area contributed by atoms with Gasteiger partial charge in [-0.15, -0.1) is 0 Å². The van der Waals surface area contributed by atoms with Crippen LogP contribution in [0.3, 0.4) is 0 Å². The Labute approximate surface area is 218 Å². The van der Waals surface area contributed by atoms with Gasteiger partial charge in [0.2, 0.25) is 0 Å². The number of benzene rings is 5. The van der Waals surface area contributed by atoms with E-state index in [1.54, 1.807) is 6.07 Å². The van der Waals surface area contributed by atoms with Crippen LogP contribution in [0.2, 0.25) is 0 Å². The Bertz CT molecular complexity index is 1860. The summed E-state index contributed by atoms with van der Waals surface area (Å²) in [6, 6.07) is 41.0. The second-order valence-corrected chi connectivity index (χ2v) is 9.08. The molecule has 38 heavy (non-hydrogen) atoms. The van der Waals surface area contributed by atoms with Gasteiger partial charge >= 0.3 is 0 Å². The summed E-state index contributed by atoms with van der Waals surface area (Å²) in [6.07, 6.45) is 0. The van der Waals surface area contributed by atoms with E-state index in [1.165, 1.54) is 0 Å². The van der Waals surface area contributed by atoms with Gasteiger partial charge in [0.15, 0.2) is 17.5 Å². The molecular formula is C33H21FN4. The second kappa shape index (κ2) is 9.05. The predicted molar refractivity (Wildman–Crippen MR) is 150 cm³/mol. The van der Waals surface area contributed by atoms with Crippen LogP contribution >= 0.6 is 0 Å². The molecular weight excluding hydrogens is 471 g/mol. The van der Waals surface area contributed by atoms with Crippen LogP contribution in [-0.4, -0.2) is 19.5 Å². The third-order valence-electron chi connectivity index (χ3n) is 6.72. The summed E-state index contributed by atoms with van der Waals surface area (Å²) in [5.74, 6) is 0.914. The highest BCUT2D eigenvalue weighted by atomic mass is 19.1. The minimum Gasteiger partial charge on any atom is -0.309 e. The third kappa shape index (κ3) is 3.73. The maximum absolute atomic E-state index is 16.0. The van der Waals surface area contributed by atoms with E-state index in [0.29, 0.717) is 23.0 Å². The van der Waals surface area contributed by atoms with E-state index in [9.17, 15) is 0 Å². The van der Waals surface area contributed by atoms with Gasteiger partial charge in [-0.05, 0) is 30.3 Å². The molecule has 0 bridgehead atoms. The Kier molecular flexibility index (Phi) is 5.26. The third-order valence-corrected chi connectivity index (χ3v) is 6.72. The SMILES string of the molecule is Fc1cc2c(cc1-c1nc(-c3ccccc3)nc(-c3ccccc3)n1)c1ccccc1n2-c1ccccc1. The van der Waals surface area contributed by atoms with Gasteiger partial charge in [-0.25, -0.2) is 19.3 Å². The summed E-state index contributed by atoms with van der Waals surface area (Å²) >= 11 is 0. The van der Waals surface area contributed by atoms with Gasteiger partial charge in [0, 0.05) is 27.6 Å². The summed E-state index contributed by atoms with van der Waals surface area (Å²) in [5, 5.41) is 1.97. The zero-order chi connectivity index (χ0) is 25.5. The quantitative estimate of drug-likeness (QED) is 0.249. The molecule has 4 nitrogen and oxygen atoms in total. The second-order valence-electron chi connectivity index (χ2n) is 9.08.